The summed E-state index contributed by atoms with van der Waals surface area (Å²) in [6.45, 7) is 1.82. The van der Waals surface area contributed by atoms with Gasteiger partial charge in [0.15, 0.2) is 16.6 Å². The van der Waals surface area contributed by atoms with Gasteiger partial charge in [0, 0.05) is 34.7 Å². The predicted molar refractivity (Wildman–Crippen MR) is 83.2 cm³/mol. The van der Waals surface area contributed by atoms with Gasteiger partial charge in [0.25, 0.3) is 0 Å². The number of thiophene rings is 1. The average Bonchev–Trinajstić information content (AvgIpc) is 3.10. The van der Waals surface area contributed by atoms with E-state index >= 15 is 0 Å². The standard InChI is InChI=1S/C16H14FNO3S/c1-8-4-10-12(18-8)6-11(17)16(21-3)14(10)15(19)9-5-13(20-2)22-7-9/h4-5,7H,6H2,1-3H3. The van der Waals surface area contributed by atoms with Gasteiger partial charge in [0.1, 0.15) is 5.83 Å². The van der Waals surface area contributed by atoms with E-state index in [-0.39, 0.29) is 23.5 Å². The summed E-state index contributed by atoms with van der Waals surface area (Å²) in [4.78, 5) is 17.1. The number of ether oxygens (including phenoxy) is 2. The van der Waals surface area contributed by atoms with Crippen LogP contribution in [0.5, 0.6) is 5.06 Å². The van der Waals surface area contributed by atoms with Crippen molar-refractivity contribution in [2.45, 2.75) is 13.3 Å². The molecule has 4 nitrogen and oxygen atoms in total. The molecule has 2 aliphatic rings. The molecule has 0 N–H and O–H groups in total. The average molecular weight is 319 g/mol. The molecule has 1 aromatic heterocycles. The summed E-state index contributed by atoms with van der Waals surface area (Å²) in [5, 5.41) is 2.32. The van der Waals surface area contributed by atoms with E-state index in [9.17, 15) is 9.18 Å². The molecule has 0 bridgehead atoms. The second-order valence-corrected chi connectivity index (χ2v) is 5.81. The number of halogens is 1. The Balaban J connectivity index is 2.13. The molecule has 0 atom stereocenters. The largest absolute Gasteiger partial charge is 0.493 e. The van der Waals surface area contributed by atoms with E-state index < -0.39 is 5.83 Å². The first-order chi connectivity index (χ1) is 10.5. The molecule has 0 unspecified atom stereocenters. The molecule has 0 aromatic carbocycles. The third kappa shape index (κ3) is 2.29. The second-order valence-electron chi connectivity index (χ2n) is 4.94. The molecule has 0 radical (unpaired) electrons. The first-order valence-electron chi connectivity index (χ1n) is 6.66. The first-order valence-corrected chi connectivity index (χ1v) is 7.54. The van der Waals surface area contributed by atoms with Crippen molar-refractivity contribution in [1.29, 1.82) is 0 Å². The Labute approximate surface area is 131 Å². The lowest BCUT2D eigenvalue weighted by Crippen LogP contribution is -2.18. The zero-order valence-corrected chi connectivity index (χ0v) is 13.2. The SMILES string of the molecule is COC1=C(F)CC2=NC(C)=CC2=C1C(=O)c1csc(OC)c1. The van der Waals surface area contributed by atoms with Gasteiger partial charge in [-0.1, -0.05) is 0 Å². The molecule has 3 rings (SSSR count). The molecule has 0 spiro atoms. The number of carbonyl (C=O) groups excluding carboxylic acids is 1. The fourth-order valence-corrected chi connectivity index (χ4v) is 3.27. The van der Waals surface area contributed by atoms with Crippen LogP contribution in [0.3, 0.4) is 0 Å². The minimum atomic E-state index is -0.473. The van der Waals surface area contributed by atoms with E-state index in [0.717, 1.165) is 5.70 Å². The molecule has 0 saturated carbocycles. The van der Waals surface area contributed by atoms with E-state index in [1.165, 1.54) is 25.6 Å². The van der Waals surface area contributed by atoms with Crippen LogP contribution in [0, 0.1) is 0 Å². The highest BCUT2D eigenvalue weighted by molar-refractivity contribution is 7.12. The van der Waals surface area contributed by atoms with Gasteiger partial charge in [0.2, 0.25) is 0 Å². The number of rotatable bonds is 4. The Morgan fingerprint density at radius 3 is 2.77 bits per heavy atom. The fourth-order valence-electron chi connectivity index (χ4n) is 2.56. The van der Waals surface area contributed by atoms with Crippen LogP contribution < -0.4 is 4.74 Å². The number of Topliss-reactive ketones (excluding diaryl/α,β-unsaturated/α-hetero) is 1. The lowest BCUT2D eigenvalue weighted by molar-refractivity contribution is 0.102. The third-order valence-corrected chi connectivity index (χ3v) is 4.40. The van der Waals surface area contributed by atoms with E-state index in [1.807, 2.05) is 6.92 Å². The van der Waals surface area contributed by atoms with Gasteiger partial charge >= 0.3 is 0 Å². The van der Waals surface area contributed by atoms with Crippen molar-refractivity contribution in [3.8, 4) is 5.06 Å². The van der Waals surface area contributed by atoms with Crippen molar-refractivity contribution in [1.82, 2.24) is 0 Å². The maximum atomic E-state index is 14.3. The number of hydrogen-bond acceptors (Lipinski definition) is 5. The molecule has 0 fully saturated rings. The molecule has 1 aliphatic heterocycles. The highest BCUT2D eigenvalue weighted by atomic mass is 32.1. The van der Waals surface area contributed by atoms with Gasteiger partial charge in [-0.2, -0.15) is 0 Å². The molecule has 0 amide bonds. The number of hydrogen-bond donors (Lipinski definition) is 0. The fraction of sp³-hybridized carbons (Fsp3) is 0.250. The summed E-state index contributed by atoms with van der Waals surface area (Å²) in [6, 6.07) is 1.64. The summed E-state index contributed by atoms with van der Waals surface area (Å²) in [6.07, 6.45) is 1.84. The van der Waals surface area contributed by atoms with Crippen molar-refractivity contribution in [3.63, 3.8) is 0 Å². The molecule has 1 aliphatic carbocycles. The Kier molecular flexibility index (Phi) is 3.70. The minimum absolute atomic E-state index is 0.00457. The molecule has 22 heavy (non-hydrogen) atoms. The number of allylic oxidation sites excluding steroid dienone is 5. The number of carbonyl (C=O) groups is 1. The van der Waals surface area contributed by atoms with E-state index in [4.69, 9.17) is 9.47 Å². The maximum absolute atomic E-state index is 14.3. The number of ketones is 1. The Morgan fingerprint density at radius 1 is 1.36 bits per heavy atom. The van der Waals surface area contributed by atoms with E-state index in [2.05, 4.69) is 4.99 Å². The highest BCUT2D eigenvalue weighted by Gasteiger charge is 2.33. The van der Waals surface area contributed by atoms with Crippen molar-refractivity contribution < 1.29 is 18.7 Å². The predicted octanol–water partition coefficient (Wildman–Crippen LogP) is 3.83. The minimum Gasteiger partial charge on any atom is -0.493 e. The van der Waals surface area contributed by atoms with Crippen LogP contribution in [-0.2, 0) is 4.74 Å². The Hall–Kier alpha value is -2.21. The Morgan fingerprint density at radius 2 is 2.14 bits per heavy atom. The van der Waals surface area contributed by atoms with Gasteiger partial charge < -0.3 is 9.47 Å². The first kappa shape index (κ1) is 14.7. The number of methoxy groups -OCH3 is 2. The van der Waals surface area contributed by atoms with Gasteiger partial charge in [-0.05, 0) is 13.0 Å². The van der Waals surface area contributed by atoms with Gasteiger partial charge in [-0.15, -0.1) is 11.3 Å². The summed E-state index contributed by atoms with van der Waals surface area (Å²) in [5.41, 5.74) is 2.64. The Bertz CT molecular complexity index is 783. The summed E-state index contributed by atoms with van der Waals surface area (Å²) >= 11 is 1.32. The van der Waals surface area contributed by atoms with Crippen LogP contribution in [0.25, 0.3) is 0 Å². The molecule has 6 heteroatoms. The molecule has 114 valence electrons. The van der Waals surface area contributed by atoms with Gasteiger partial charge in [-0.3, -0.25) is 9.79 Å². The number of fused-ring (bicyclic) bond motifs is 1. The molecular weight excluding hydrogens is 305 g/mol. The van der Waals surface area contributed by atoms with Crippen LogP contribution in [0.2, 0.25) is 0 Å². The maximum Gasteiger partial charge on any atom is 0.198 e. The van der Waals surface area contributed by atoms with E-state index in [0.29, 0.717) is 21.9 Å². The van der Waals surface area contributed by atoms with Crippen LogP contribution in [0.1, 0.15) is 23.7 Å². The van der Waals surface area contributed by atoms with Crippen molar-refractivity contribution in [2.75, 3.05) is 14.2 Å². The van der Waals surface area contributed by atoms with Crippen molar-refractivity contribution >= 4 is 22.8 Å². The third-order valence-electron chi connectivity index (χ3n) is 3.51. The highest BCUT2D eigenvalue weighted by Crippen LogP contribution is 2.37. The van der Waals surface area contributed by atoms with Crippen LogP contribution in [0.15, 0.2) is 50.9 Å². The lowest BCUT2D eigenvalue weighted by atomic mass is 9.89. The van der Waals surface area contributed by atoms with Crippen molar-refractivity contribution in [2.24, 2.45) is 4.99 Å². The molecular formula is C16H14FNO3S. The molecule has 0 saturated heterocycles. The lowest BCUT2D eigenvalue weighted by Gasteiger charge is -2.19. The van der Waals surface area contributed by atoms with Crippen LogP contribution in [0.4, 0.5) is 4.39 Å². The second kappa shape index (κ2) is 5.53. The monoisotopic (exact) mass is 319 g/mol. The quantitative estimate of drug-likeness (QED) is 0.793. The molecule has 1 aromatic rings. The smallest absolute Gasteiger partial charge is 0.198 e. The van der Waals surface area contributed by atoms with E-state index in [1.54, 1.807) is 17.5 Å². The summed E-state index contributed by atoms with van der Waals surface area (Å²) in [7, 11) is 2.90. The number of aliphatic imine (C=N–C) groups is 1. The van der Waals surface area contributed by atoms with Crippen molar-refractivity contribution in [3.05, 3.63) is 51.5 Å². The zero-order valence-electron chi connectivity index (χ0n) is 12.4. The van der Waals surface area contributed by atoms with Gasteiger partial charge in [0.05, 0.1) is 25.5 Å². The van der Waals surface area contributed by atoms with Crippen LogP contribution in [-0.4, -0.2) is 25.7 Å². The zero-order chi connectivity index (χ0) is 15.9. The van der Waals surface area contributed by atoms with Crippen LogP contribution >= 0.6 is 11.3 Å². The topological polar surface area (TPSA) is 47.9 Å². The normalized spacial score (nSPS) is 17.3. The van der Waals surface area contributed by atoms with Gasteiger partial charge in [-0.25, -0.2) is 4.39 Å². The molecule has 2 heterocycles. The summed E-state index contributed by atoms with van der Waals surface area (Å²) < 4.78 is 24.5. The number of nitrogens with zero attached hydrogens (tertiary/aromatic N) is 1. The summed E-state index contributed by atoms with van der Waals surface area (Å²) in [5.74, 6) is -0.770.